The smallest absolute Gasteiger partial charge is 0.303 e. The van der Waals surface area contributed by atoms with E-state index >= 15 is 0 Å². The Bertz CT molecular complexity index is 627. The lowest BCUT2D eigenvalue weighted by molar-refractivity contribution is -0.249. The van der Waals surface area contributed by atoms with E-state index in [2.05, 4.69) is 41.5 Å². The number of hydrogen-bond acceptors (Lipinski definition) is 7. The van der Waals surface area contributed by atoms with Gasteiger partial charge in [-0.05, 0) is 36.3 Å². The Balaban J connectivity index is 3.43. The number of esters is 1. The summed E-state index contributed by atoms with van der Waals surface area (Å²) in [5.41, 5.74) is 0. The minimum atomic E-state index is -2.15. The second-order valence-corrected chi connectivity index (χ2v) is 20.2. The average molecular weight is 565 g/mol. The number of halogens is 3. The van der Waals surface area contributed by atoms with Crippen molar-refractivity contribution >= 4 is 63.3 Å². The summed E-state index contributed by atoms with van der Waals surface area (Å²) < 4.78 is 28.7. The summed E-state index contributed by atoms with van der Waals surface area (Å²) in [4.78, 5) is 12.1. The lowest BCUT2D eigenvalue weighted by Crippen LogP contribution is -2.63. The molecule has 33 heavy (non-hydrogen) atoms. The number of rotatable bonds is 12. The fourth-order valence-electron chi connectivity index (χ4n) is 4.20. The summed E-state index contributed by atoms with van der Waals surface area (Å²) in [7, 11) is -4.19. The summed E-state index contributed by atoms with van der Waals surface area (Å²) in [6, 6.07) is 5.59. The van der Waals surface area contributed by atoms with Gasteiger partial charge in [0.05, 0.1) is 12.7 Å². The molecule has 1 aliphatic heterocycles. The van der Waals surface area contributed by atoms with E-state index < -0.39 is 56.9 Å². The summed E-state index contributed by atoms with van der Waals surface area (Å²) in [5.74, 6) is -1.13. The molecule has 7 nitrogen and oxygen atoms in total. The number of ether oxygens (including phenoxy) is 3. The molecule has 0 amide bonds. The van der Waals surface area contributed by atoms with Crippen molar-refractivity contribution in [3.63, 3.8) is 0 Å². The van der Waals surface area contributed by atoms with Gasteiger partial charge < -0.3 is 23.1 Å². The van der Waals surface area contributed by atoms with Gasteiger partial charge in [-0.15, -0.1) is 0 Å². The summed E-state index contributed by atoms with van der Waals surface area (Å²) >= 11 is 17.4. The zero-order chi connectivity index (χ0) is 25.4. The van der Waals surface area contributed by atoms with Gasteiger partial charge in [0.1, 0.15) is 6.10 Å². The van der Waals surface area contributed by atoms with Gasteiger partial charge in [0.15, 0.2) is 22.7 Å². The minimum Gasteiger partial charge on any atom is -0.453 e. The molecule has 4 atom stereocenters. The van der Waals surface area contributed by atoms with Crippen molar-refractivity contribution in [3.05, 3.63) is 0 Å². The molecule has 0 unspecified atom stereocenters. The fourth-order valence-corrected chi connectivity index (χ4v) is 10.0. The highest BCUT2D eigenvalue weighted by Crippen LogP contribution is 2.36. The van der Waals surface area contributed by atoms with Crippen LogP contribution in [0.25, 0.3) is 0 Å². The number of alkyl halides is 3. The maximum Gasteiger partial charge on any atom is 0.303 e. The summed E-state index contributed by atoms with van der Waals surface area (Å²) in [6.45, 7) is 14.3. The van der Waals surface area contributed by atoms with Gasteiger partial charge in [-0.25, -0.2) is 0 Å². The molecule has 0 aromatic carbocycles. The Morgan fingerprint density at radius 2 is 1.33 bits per heavy atom. The van der Waals surface area contributed by atoms with Crippen LogP contribution in [0.1, 0.15) is 48.5 Å². The van der Waals surface area contributed by atoms with E-state index in [4.69, 9.17) is 63.3 Å². The van der Waals surface area contributed by atoms with Crippen LogP contribution in [0.2, 0.25) is 36.3 Å². The van der Waals surface area contributed by atoms with Crippen LogP contribution in [-0.2, 0) is 27.9 Å². The quantitative estimate of drug-likeness (QED) is 0.0967. The first-order valence-electron chi connectivity index (χ1n) is 11.8. The van der Waals surface area contributed by atoms with E-state index in [9.17, 15) is 4.79 Å². The van der Waals surface area contributed by atoms with Crippen molar-refractivity contribution in [2.75, 3.05) is 6.61 Å². The van der Waals surface area contributed by atoms with Crippen molar-refractivity contribution in [3.8, 4) is 0 Å². The van der Waals surface area contributed by atoms with E-state index in [1.54, 1.807) is 0 Å². The van der Waals surface area contributed by atoms with Gasteiger partial charge in [-0.2, -0.15) is 0 Å². The topological polar surface area (TPSA) is 87.1 Å². The van der Waals surface area contributed by atoms with Gasteiger partial charge in [-0.1, -0.05) is 76.3 Å². The molecule has 0 aromatic heterocycles. The first-order chi connectivity index (χ1) is 15.4. The van der Waals surface area contributed by atoms with Gasteiger partial charge in [0.25, 0.3) is 3.79 Å². The first kappa shape index (κ1) is 31.2. The SMILES string of the molecule is CC[Si](CC)(CC)O[C@@H]1[C@@H](OC(C)=O)[C@H](OC(=N)C(Cl)(Cl)Cl)OC[C@@H]1O[Si](CC)(CC)CC. The number of nitrogens with one attached hydrogen (secondary N) is 1. The van der Waals surface area contributed by atoms with E-state index in [0.717, 1.165) is 36.3 Å². The van der Waals surface area contributed by atoms with Crippen molar-refractivity contribution in [2.24, 2.45) is 0 Å². The van der Waals surface area contributed by atoms with Crippen LogP contribution in [0.5, 0.6) is 0 Å². The van der Waals surface area contributed by atoms with Crippen LogP contribution in [0, 0.1) is 5.41 Å². The third kappa shape index (κ3) is 8.34. The van der Waals surface area contributed by atoms with Gasteiger partial charge in [-0.3, -0.25) is 10.2 Å². The maximum atomic E-state index is 12.1. The fraction of sp³-hybridized carbons (Fsp3) is 0.905. The summed E-state index contributed by atoms with van der Waals surface area (Å²) in [5, 5.41) is 7.99. The monoisotopic (exact) mass is 563 g/mol. The van der Waals surface area contributed by atoms with Crippen LogP contribution in [0.4, 0.5) is 0 Å². The maximum absolute atomic E-state index is 12.1. The number of hydrogen-bond donors (Lipinski definition) is 1. The van der Waals surface area contributed by atoms with E-state index in [0.29, 0.717) is 0 Å². The second kappa shape index (κ2) is 13.4. The molecule has 1 aliphatic rings. The van der Waals surface area contributed by atoms with Gasteiger partial charge in [0.2, 0.25) is 12.2 Å². The zero-order valence-corrected chi connectivity index (χ0v) is 25.1. The molecule has 0 spiro atoms. The van der Waals surface area contributed by atoms with Crippen molar-refractivity contribution in [1.29, 1.82) is 5.41 Å². The first-order valence-corrected chi connectivity index (χ1v) is 18.0. The van der Waals surface area contributed by atoms with Crippen molar-refractivity contribution in [2.45, 2.75) is 113 Å². The second-order valence-electron chi connectivity index (χ2n) is 8.45. The Hall–Kier alpha value is 0.124. The highest BCUT2D eigenvalue weighted by molar-refractivity contribution is 6.76. The normalized spacial score (nSPS) is 24.4. The molecule has 0 aliphatic carbocycles. The van der Waals surface area contributed by atoms with Crippen LogP contribution in [0.15, 0.2) is 0 Å². The predicted octanol–water partition coefficient (Wildman–Crippen LogP) is 6.42. The molecular formula is C21H40Cl3NO6Si2. The van der Waals surface area contributed by atoms with E-state index in [-0.39, 0.29) is 6.61 Å². The Morgan fingerprint density at radius 1 is 0.879 bits per heavy atom. The van der Waals surface area contributed by atoms with Crippen LogP contribution < -0.4 is 0 Å². The summed E-state index contributed by atoms with van der Waals surface area (Å²) in [6.07, 6.45) is -3.17. The highest BCUT2D eigenvalue weighted by atomic mass is 35.6. The molecule has 12 heteroatoms. The third-order valence-electron chi connectivity index (χ3n) is 6.83. The number of carbonyl (C=O) groups is 1. The lowest BCUT2D eigenvalue weighted by Gasteiger charge is -2.47. The Labute approximate surface area is 215 Å². The Kier molecular flexibility index (Phi) is 12.7. The van der Waals surface area contributed by atoms with Crippen molar-refractivity contribution in [1.82, 2.24) is 0 Å². The van der Waals surface area contributed by atoms with E-state index in [1.807, 2.05) is 0 Å². The van der Waals surface area contributed by atoms with Gasteiger partial charge in [0, 0.05) is 6.92 Å². The van der Waals surface area contributed by atoms with Crippen molar-refractivity contribution < 1.29 is 27.9 Å². The molecular weight excluding hydrogens is 525 g/mol. The van der Waals surface area contributed by atoms with Crippen LogP contribution in [0.3, 0.4) is 0 Å². The molecule has 194 valence electrons. The van der Waals surface area contributed by atoms with E-state index in [1.165, 1.54) is 6.92 Å². The highest BCUT2D eigenvalue weighted by Gasteiger charge is 2.51. The predicted molar refractivity (Wildman–Crippen MR) is 139 cm³/mol. The zero-order valence-electron chi connectivity index (χ0n) is 20.8. The molecule has 0 aromatic rings. The molecule has 1 saturated heterocycles. The largest absolute Gasteiger partial charge is 0.453 e. The standard InChI is InChI=1S/C21H40Cl3NO6Si2/c1-8-32(9-2,10-3)30-16-14-27-19(29-20(25)21(22,23)24)18(28-15(7)26)17(16)31-33(11-4,12-5)13-6/h16-19,25H,8-14H2,1-7H3/t16-,17-,18+,19-/m0/s1. The number of carbonyl (C=O) groups excluding carboxylic acids is 1. The minimum absolute atomic E-state index is 0.163. The van der Waals surface area contributed by atoms with Crippen LogP contribution >= 0.6 is 34.8 Å². The average Bonchev–Trinajstić information content (AvgIpc) is 2.78. The van der Waals surface area contributed by atoms with Gasteiger partial charge >= 0.3 is 5.97 Å². The molecule has 1 rings (SSSR count). The van der Waals surface area contributed by atoms with Crippen LogP contribution in [-0.4, -0.2) is 63.5 Å². The molecule has 1 heterocycles. The third-order valence-corrected chi connectivity index (χ3v) is 16.7. The molecule has 1 fully saturated rings. The molecule has 0 radical (unpaired) electrons. The molecule has 0 saturated carbocycles. The molecule has 0 bridgehead atoms. The lowest BCUT2D eigenvalue weighted by atomic mass is 10.1. The Morgan fingerprint density at radius 3 is 1.73 bits per heavy atom. The molecule has 1 N–H and O–H groups in total.